The third-order valence-electron chi connectivity index (χ3n) is 3.30. The van der Waals surface area contributed by atoms with Crippen LogP contribution < -0.4 is 5.32 Å². The molecule has 4 heteroatoms. The standard InChI is InChI=1S/C16H29N3O/c1-6-20-11-9-16-18-13(4)15(14(5)19-16)8-7-10-17-12(2)3/h12,17H,6-11H2,1-5H3. The summed E-state index contributed by atoms with van der Waals surface area (Å²) in [5, 5.41) is 3.44. The van der Waals surface area contributed by atoms with Crippen molar-refractivity contribution in [1.29, 1.82) is 0 Å². The summed E-state index contributed by atoms with van der Waals surface area (Å²) in [7, 11) is 0. The van der Waals surface area contributed by atoms with Gasteiger partial charge in [0.1, 0.15) is 5.82 Å². The average Bonchev–Trinajstić information content (AvgIpc) is 2.37. The van der Waals surface area contributed by atoms with Gasteiger partial charge >= 0.3 is 0 Å². The molecule has 0 unspecified atom stereocenters. The molecule has 1 rings (SSSR count). The predicted molar refractivity (Wildman–Crippen MR) is 83.2 cm³/mol. The van der Waals surface area contributed by atoms with E-state index in [1.54, 1.807) is 0 Å². The molecule has 0 aliphatic heterocycles. The normalized spacial score (nSPS) is 11.3. The fourth-order valence-corrected chi connectivity index (χ4v) is 2.25. The number of hydrogen-bond acceptors (Lipinski definition) is 4. The summed E-state index contributed by atoms with van der Waals surface area (Å²) in [5.74, 6) is 0.900. The van der Waals surface area contributed by atoms with Crippen LogP contribution in [0.4, 0.5) is 0 Å². The Kier molecular flexibility index (Phi) is 7.70. The van der Waals surface area contributed by atoms with E-state index in [-0.39, 0.29) is 0 Å². The van der Waals surface area contributed by atoms with E-state index < -0.39 is 0 Å². The van der Waals surface area contributed by atoms with Gasteiger partial charge in [-0.3, -0.25) is 0 Å². The lowest BCUT2D eigenvalue weighted by Gasteiger charge is -2.12. The highest BCUT2D eigenvalue weighted by Crippen LogP contribution is 2.13. The molecule has 0 aliphatic rings. The number of nitrogens with one attached hydrogen (secondary N) is 1. The molecule has 4 nitrogen and oxygen atoms in total. The molecule has 0 aromatic carbocycles. The molecule has 114 valence electrons. The smallest absolute Gasteiger partial charge is 0.131 e. The summed E-state index contributed by atoms with van der Waals surface area (Å²) in [6.07, 6.45) is 2.97. The van der Waals surface area contributed by atoms with E-state index in [1.165, 1.54) is 5.56 Å². The van der Waals surface area contributed by atoms with Gasteiger partial charge in [-0.25, -0.2) is 9.97 Å². The third kappa shape index (κ3) is 5.97. The summed E-state index contributed by atoms with van der Waals surface area (Å²) in [6.45, 7) is 13.0. The summed E-state index contributed by atoms with van der Waals surface area (Å²) in [6, 6.07) is 0.550. The minimum Gasteiger partial charge on any atom is -0.381 e. The Morgan fingerprint density at radius 1 is 1.10 bits per heavy atom. The first-order valence-corrected chi connectivity index (χ1v) is 7.68. The topological polar surface area (TPSA) is 47.0 Å². The molecule has 0 spiro atoms. The maximum Gasteiger partial charge on any atom is 0.131 e. The number of aryl methyl sites for hydroxylation is 2. The van der Waals surface area contributed by atoms with Gasteiger partial charge in [0.2, 0.25) is 0 Å². The molecule has 20 heavy (non-hydrogen) atoms. The molecule has 1 heterocycles. The molecule has 1 aromatic heterocycles. The molecule has 1 N–H and O–H groups in total. The van der Waals surface area contributed by atoms with Crippen LogP contribution in [0.25, 0.3) is 0 Å². The lowest BCUT2D eigenvalue weighted by atomic mass is 10.1. The molecular formula is C16H29N3O. The molecule has 0 bridgehead atoms. The average molecular weight is 279 g/mol. The summed E-state index contributed by atoms with van der Waals surface area (Å²) in [4.78, 5) is 9.22. The van der Waals surface area contributed by atoms with E-state index in [0.717, 1.165) is 49.6 Å². The second-order valence-electron chi connectivity index (χ2n) is 5.45. The number of ether oxygens (including phenoxy) is 1. The van der Waals surface area contributed by atoms with Crippen molar-refractivity contribution in [2.75, 3.05) is 19.8 Å². The molecule has 0 fully saturated rings. The quantitative estimate of drug-likeness (QED) is 0.706. The van der Waals surface area contributed by atoms with Crippen molar-refractivity contribution in [3.05, 3.63) is 22.8 Å². The number of aromatic nitrogens is 2. The van der Waals surface area contributed by atoms with E-state index in [2.05, 4.69) is 43.0 Å². The van der Waals surface area contributed by atoms with E-state index in [0.29, 0.717) is 12.6 Å². The van der Waals surface area contributed by atoms with E-state index in [1.807, 2.05) is 6.92 Å². The third-order valence-corrected chi connectivity index (χ3v) is 3.30. The zero-order chi connectivity index (χ0) is 15.0. The summed E-state index contributed by atoms with van der Waals surface area (Å²) in [5.41, 5.74) is 3.54. The summed E-state index contributed by atoms with van der Waals surface area (Å²) >= 11 is 0. The van der Waals surface area contributed by atoms with Crippen molar-refractivity contribution < 1.29 is 4.74 Å². The van der Waals surface area contributed by atoms with E-state index in [4.69, 9.17) is 4.74 Å². The van der Waals surface area contributed by atoms with Crippen LogP contribution in [0.1, 0.15) is 50.0 Å². The van der Waals surface area contributed by atoms with Gasteiger partial charge in [-0.2, -0.15) is 0 Å². The monoisotopic (exact) mass is 279 g/mol. The first-order chi connectivity index (χ1) is 9.54. The highest BCUT2D eigenvalue weighted by molar-refractivity contribution is 5.24. The van der Waals surface area contributed by atoms with Gasteiger partial charge in [0.15, 0.2) is 0 Å². The first-order valence-electron chi connectivity index (χ1n) is 7.68. The van der Waals surface area contributed by atoms with Gasteiger partial charge in [-0.05, 0) is 45.7 Å². The largest absolute Gasteiger partial charge is 0.381 e. The molecule has 0 radical (unpaired) electrons. The van der Waals surface area contributed by atoms with Crippen LogP contribution >= 0.6 is 0 Å². The Balaban J connectivity index is 2.55. The van der Waals surface area contributed by atoms with Gasteiger partial charge in [0.05, 0.1) is 6.61 Å². The van der Waals surface area contributed by atoms with Crippen molar-refractivity contribution in [3.63, 3.8) is 0 Å². The van der Waals surface area contributed by atoms with E-state index >= 15 is 0 Å². The molecule has 0 saturated heterocycles. The van der Waals surface area contributed by atoms with Gasteiger partial charge in [0, 0.05) is 30.5 Å². The Morgan fingerprint density at radius 2 is 1.75 bits per heavy atom. The minimum absolute atomic E-state index is 0.550. The molecule has 0 amide bonds. The van der Waals surface area contributed by atoms with Crippen LogP contribution in [0.15, 0.2) is 0 Å². The molecule has 0 saturated carbocycles. The van der Waals surface area contributed by atoms with Crippen molar-refractivity contribution >= 4 is 0 Å². The van der Waals surface area contributed by atoms with Crippen molar-refractivity contribution in [3.8, 4) is 0 Å². The Labute approximate surface area is 123 Å². The highest BCUT2D eigenvalue weighted by atomic mass is 16.5. The van der Waals surface area contributed by atoms with Crippen LogP contribution in [-0.2, 0) is 17.6 Å². The number of nitrogens with zero attached hydrogens (tertiary/aromatic N) is 2. The maximum atomic E-state index is 5.36. The second-order valence-corrected chi connectivity index (χ2v) is 5.45. The molecule has 0 aliphatic carbocycles. The van der Waals surface area contributed by atoms with Gasteiger partial charge in [0.25, 0.3) is 0 Å². The fraction of sp³-hybridized carbons (Fsp3) is 0.750. The van der Waals surface area contributed by atoms with Crippen LogP contribution in [0.5, 0.6) is 0 Å². The van der Waals surface area contributed by atoms with E-state index in [9.17, 15) is 0 Å². The maximum absolute atomic E-state index is 5.36. The Bertz CT molecular complexity index is 382. The molecule has 1 aromatic rings. The first kappa shape index (κ1) is 17.1. The van der Waals surface area contributed by atoms with Crippen LogP contribution in [-0.4, -0.2) is 35.8 Å². The van der Waals surface area contributed by atoms with Crippen LogP contribution in [0.3, 0.4) is 0 Å². The fourth-order valence-electron chi connectivity index (χ4n) is 2.25. The van der Waals surface area contributed by atoms with Crippen molar-refractivity contribution in [2.45, 2.75) is 59.9 Å². The van der Waals surface area contributed by atoms with Crippen molar-refractivity contribution in [2.24, 2.45) is 0 Å². The van der Waals surface area contributed by atoms with Crippen molar-refractivity contribution in [1.82, 2.24) is 15.3 Å². The van der Waals surface area contributed by atoms with Crippen LogP contribution in [0.2, 0.25) is 0 Å². The van der Waals surface area contributed by atoms with Gasteiger partial charge in [-0.1, -0.05) is 13.8 Å². The SMILES string of the molecule is CCOCCc1nc(C)c(CCCNC(C)C)c(C)n1. The lowest BCUT2D eigenvalue weighted by molar-refractivity contribution is 0.149. The predicted octanol–water partition coefficient (Wildman–Crippen LogP) is 2.60. The molecule has 0 atom stereocenters. The van der Waals surface area contributed by atoms with Gasteiger partial charge in [-0.15, -0.1) is 0 Å². The Hall–Kier alpha value is -1.00. The number of hydrogen-bond donors (Lipinski definition) is 1. The van der Waals surface area contributed by atoms with Crippen LogP contribution in [0, 0.1) is 13.8 Å². The lowest BCUT2D eigenvalue weighted by Crippen LogP contribution is -2.24. The minimum atomic E-state index is 0.550. The zero-order valence-electron chi connectivity index (χ0n) is 13.6. The zero-order valence-corrected chi connectivity index (χ0v) is 13.6. The van der Waals surface area contributed by atoms with Gasteiger partial charge < -0.3 is 10.1 Å². The molecular weight excluding hydrogens is 250 g/mol. The Morgan fingerprint density at radius 3 is 2.30 bits per heavy atom. The highest BCUT2D eigenvalue weighted by Gasteiger charge is 2.08. The summed E-state index contributed by atoms with van der Waals surface area (Å²) < 4.78 is 5.36. The second kappa shape index (κ2) is 9.03. The number of rotatable bonds is 9.